The SMILES string of the molecule is CC(NS(=O)(=O)C1CCS(=O)(=O)C1)c1ccccc1. The van der Waals surface area contributed by atoms with E-state index in [4.69, 9.17) is 0 Å². The van der Waals surface area contributed by atoms with E-state index in [9.17, 15) is 16.8 Å². The molecule has 7 heteroatoms. The van der Waals surface area contributed by atoms with Crippen molar-refractivity contribution in [2.75, 3.05) is 11.5 Å². The summed E-state index contributed by atoms with van der Waals surface area (Å²) in [5.74, 6) is -0.317. The van der Waals surface area contributed by atoms with Crippen molar-refractivity contribution in [3.8, 4) is 0 Å². The van der Waals surface area contributed by atoms with Crippen LogP contribution in [0.1, 0.15) is 24.9 Å². The van der Waals surface area contributed by atoms with Gasteiger partial charge < -0.3 is 0 Å². The van der Waals surface area contributed by atoms with Crippen molar-refractivity contribution in [2.45, 2.75) is 24.6 Å². The largest absolute Gasteiger partial charge is 0.229 e. The first-order chi connectivity index (χ1) is 8.80. The highest BCUT2D eigenvalue weighted by atomic mass is 32.2. The smallest absolute Gasteiger partial charge is 0.216 e. The predicted octanol–water partition coefficient (Wildman–Crippen LogP) is 0.854. The second-order valence-electron chi connectivity index (χ2n) is 4.82. The Balaban J connectivity index is 2.10. The summed E-state index contributed by atoms with van der Waals surface area (Å²) in [7, 11) is -6.81. The number of hydrogen-bond donors (Lipinski definition) is 1. The van der Waals surface area contributed by atoms with Crippen molar-refractivity contribution < 1.29 is 16.8 Å². The Hall–Kier alpha value is -0.920. The van der Waals surface area contributed by atoms with E-state index in [0.29, 0.717) is 0 Å². The van der Waals surface area contributed by atoms with Gasteiger partial charge in [0.1, 0.15) is 0 Å². The molecule has 0 saturated carbocycles. The van der Waals surface area contributed by atoms with Gasteiger partial charge in [-0.3, -0.25) is 0 Å². The molecule has 0 bridgehead atoms. The summed E-state index contributed by atoms with van der Waals surface area (Å²) in [5, 5.41) is -0.830. The number of benzene rings is 1. The van der Waals surface area contributed by atoms with Gasteiger partial charge in [-0.25, -0.2) is 21.6 Å². The topological polar surface area (TPSA) is 80.3 Å². The van der Waals surface area contributed by atoms with Crippen LogP contribution in [0.4, 0.5) is 0 Å². The molecule has 2 unspecified atom stereocenters. The molecule has 0 aromatic heterocycles. The van der Waals surface area contributed by atoms with Crippen LogP contribution in [0.2, 0.25) is 0 Å². The molecule has 1 heterocycles. The van der Waals surface area contributed by atoms with E-state index in [2.05, 4.69) is 4.72 Å². The molecule has 2 atom stereocenters. The first-order valence-electron chi connectivity index (χ1n) is 6.07. The molecule has 1 aliphatic heterocycles. The van der Waals surface area contributed by atoms with Crippen LogP contribution in [0.15, 0.2) is 30.3 Å². The van der Waals surface area contributed by atoms with Crippen LogP contribution in [0.5, 0.6) is 0 Å². The van der Waals surface area contributed by atoms with E-state index in [1.165, 1.54) is 0 Å². The monoisotopic (exact) mass is 303 g/mol. The third kappa shape index (κ3) is 3.55. The maximum absolute atomic E-state index is 12.1. The van der Waals surface area contributed by atoms with Crippen LogP contribution in [0.25, 0.3) is 0 Å². The van der Waals surface area contributed by atoms with Crippen LogP contribution in [0, 0.1) is 0 Å². The minimum atomic E-state index is -3.61. The fraction of sp³-hybridized carbons (Fsp3) is 0.500. The Kier molecular flexibility index (Phi) is 3.98. The Labute approximate surface area is 114 Å². The number of sulfone groups is 1. The minimum Gasteiger partial charge on any atom is -0.229 e. The van der Waals surface area contributed by atoms with Crippen molar-refractivity contribution in [3.63, 3.8) is 0 Å². The van der Waals surface area contributed by atoms with Gasteiger partial charge in [0, 0.05) is 6.04 Å². The normalized spacial score (nSPS) is 24.2. The molecule has 1 N–H and O–H groups in total. The molecule has 0 radical (unpaired) electrons. The van der Waals surface area contributed by atoms with Gasteiger partial charge in [0.2, 0.25) is 10.0 Å². The van der Waals surface area contributed by atoms with E-state index in [1.54, 1.807) is 6.92 Å². The molecule has 0 aliphatic carbocycles. The molecule has 1 fully saturated rings. The van der Waals surface area contributed by atoms with E-state index >= 15 is 0 Å². The average Bonchev–Trinajstić information content (AvgIpc) is 2.71. The Morgan fingerprint density at radius 2 is 1.89 bits per heavy atom. The highest BCUT2D eigenvalue weighted by molar-refractivity contribution is 7.95. The zero-order valence-corrected chi connectivity index (χ0v) is 12.2. The molecular weight excluding hydrogens is 286 g/mol. The number of sulfonamides is 1. The molecule has 19 heavy (non-hydrogen) atoms. The highest BCUT2D eigenvalue weighted by Gasteiger charge is 2.37. The predicted molar refractivity (Wildman–Crippen MR) is 74.0 cm³/mol. The first kappa shape index (κ1) is 14.5. The van der Waals surface area contributed by atoms with Crippen molar-refractivity contribution in [1.82, 2.24) is 4.72 Å². The van der Waals surface area contributed by atoms with Gasteiger partial charge in [-0.15, -0.1) is 0 Å². The van der Waals surface area contributed by atoms with Gasteiger partial charge in [0.05, 0.1) is 16.8 Å². The fourth-order valence-corrected chi connectivity index (χ4v) is 6.44. The number of rotatable bonds is 4. The molecule has 2 rings (SSSR count). The van der Waals surface area contributed by atoms with Crippen molar-refractivity contribution in [1.29, 1.82) is 0 Å². The molecule has 1 saturated heterocycles. The zero-order valence-electron chi connectivity index (χ0n) is 10.6. The van der Waals surface area contributed by atoms with E-state index in [-0.39, 0.29) is 24.0 Å². The molecule has 0 spiro atoms. The minimum absolute atomic E-state index is 0.0434. The van der Waals surface area contributed by atoms with Crippen LogP contribution in [-0.4, -0.2) is 33.6 Å². The third-order valence-electron chi connectivity index (χ3n) is 3.27. The quantitative estimate of drug-likeness (QED) is 0.894. The van der Waals surface area contributed by atoms with Gasteiger partial charge >= 0.3 is 0 Å². The lowest BCUT2D eigenvalue weighted by Crippen LogP contribution is -2.36. The van der Waals surface area contributed by atoms with Crippen molar-refractivity contribution in [3.05, 3.63) is 35.9 Å². The fourth-order valence-electron chi connectivity index (χ4n) is 2.16. The van der Waals surface area contributed by atoms with E-state index in [1.807, 2.05) is 30.3 Å². The number of hydrogen-bond acceptors (Lipinski definition) is 4. The van der Waals surface area contributed by atoms with Gasteiger partial charge in [0.25, 0.3) is 0 Å². The van der Waals surface area contributed by atoms with Crippen molar-refractivity contribution in [2.24, 2.45) is 0 Å². The Morgan fingerprint density at radius 3 is 2.42 bits per heavy atom. The van der Waals surface area contributed by atoms with Gasteiger partial charge in [-0.05, 0) is 18.9 Å². The lowest BCUT2D eigenvalue weighted by Gasteiger charge is -2.17. The standard InChI is InChI=1S/C12H17NO4S2/c1-10(11-5-3-2-4-6-11)13-19(16,17)12-7-8-18(14,15)9-12/h2-6,10,12-13H,7-9H2,1H3. The summed E-state index contributed by atoms with van der Waals surface area (Å²) in [6, 6.07) is 8.82. The van der Waals surface area contributed by atoms with Crippen LogP contribution < -0.4 is 4.72 Å². The van der Waals surface area contributed by atoms with Crippen LogP contribution in [-0.2, 0) is 19.9 Å². The Bertz CT molecular complexity index is 638. The maximum Gasteiger partial charge on any atom is 0.216 e. The lowest BCUT2D eigenvalue weighted by molar-refractivity contribution is 0.554. The molecule has 1 aromatic carbocycles. The zero-order chi connectivity index (χ0) is 14.1. The second kappa shape index (κ2) is 5.22. The van der Waals surface area contributed by atoms with E-state index in [0.717, 1.165) is 5.56 Å². The highest BCUT2D eigenvalue weighted by Crippen LogP contribution is 2.21. The summed E-state index contributed by atoms with van der Waals surface area (Å²) in [4.78, 5) is 0. The van der Waals surface area contributed by atoms with Crippen molar-refractivity contribution >= 4 is 19.9 Å². The summed E-state index contributed by atoms with van der Waals surface area (Å²) < 4.78 is 49.5. The van der Waals surface area contributed by atoms with Gasteiger partial charge in [-0.2, -0.15) is 0 Å². The summed E-state index contributed by atoms with van der Waals surface area (Å²) in [6.07, 6.45) is 0.180. The summed E-state index contributed by atoms with van der Waals surface area (Å²) in [6.45, 7) is 1.75. The average molecular weight is 303 g/mol. The Morgan fingerprint density at radius 1 is 1.26 bits per heavy atom. The lowest BCUT2D eigenvalue weighted by atomic mass is 10.1. The molecule has 106 valence electrons. The molecule has 1 aromatic rings. The maximum atomic E-state index is 12.1. The summed E-state index contributed by atoms with van der Waals surface area (Å²) >= 11 is 0. The molecule has 1 aliphatic rings. The second-order valence-corrected chi connectivity index (χ2v) is 9.04. The summed E-state index contributed by atoms with van der Waals surface area (Å²) in [5.41, 5.74) is 0.854. The first-order valence-corrected chi connectivity index (χ1v) is 9.43. The molecule has 0 amide bonds. The van der Waals surface area contributed by atoms with Crippen LogP contribution >= 0.6 is 0 Å². The van der Waals surface area contributed by atoms with Crippen LogP contribution in [0.3, 0.4) is 0 Å². The van der Waals surface area contributed by atoms with Gasteiger partial charge in [0.15, 0.2) is 9.84 Å². The molecule has 5 nitrogen and oxygen atoms in total. The number of nitrogens with one attached hydrogen (secondary N) is 1. The third-order valence-corrected chi connectivity index (χ3v) is 7.21. The van der Waals surface area contributed by atoms with E-state index < -0.39 is 25.1 Å². The molecular formula is C12H17NO4S2. The van der Waals surface area contributed by atoms with Gasteiger partial charge in [-0.1, -0.05) is 30.3 Å².